The van der Waals surface area contributed by atoms with Gasteiger partial charge in [0.2, 0.25) is 0 Å². The number of ether oxygens (including phenoxy) is 8. The van der Waals surface area contributed by atoms with E-state index in [4.69, 9.17) is 37.9 Å². The highest BCUT2D eigenvalue weighted by Crippen LogP contribution is 2.32. The highest BCUT2D eigenvalue weighted by Gasteiger charge is 2.47. The van der Waals surface area contributed by atoms with Crippen LogP contribution < -0.4 is 0 Å². The minimum atomic E-state index is -0.601. The van der Waals surface area contributed by atoms with E-state index in [2.05, 4.69) is 20.1 Å². The van der Waals surface area contributed by atoms with Crippen molar-refractivity contribution < 1.29 is 37.9 Å². The maximum Gasteiger partial charge on any atom is 0.113 e. The molecule has 0 bridgehead atoms. The minimum absolute atomic E-state index is 0.277. The fourth-order valence-corrected chi connectivity index (χ4v) is 8.52. The van der Waals surface area contributed by atoms with E-state index in [1.54, 1.807) is 0 Å². The Kier molecular flexibility index (Phi) is 20.8. The normalized spacial score (nSPS) is 24.0. The Morgan fingerprint density at radius 2 is 0.671 bits per heavy atom. The Labute approximate surface area is 410 Å². The number of benzene rings is 6. The largest absolute Gasteiger partial charge is 0.374 e. The van der Waals surface area contributed by atoms with Crippen LogP contribution >= 0.6 is 0 Å². The molecule has 2 aliphatic heterocycles. The van der Waals surface area contributed by atoms with E-state index in [9.17, 15) is 11.1 Å². The summed E-state index contributed by atoms with van der Waals surface area (Å²) in [4.78, 5) is 6.19. The van der Waals surface area contributed by atoms with E-state index in [0.717, 1.165) is 33.4 Å². The zero-order valence-electron chi connectivity index (χ0n) is 39.7. The lowest BCUT2D eigenvalue weighted by Crippen LogP contribution is -2.59. The molecule has 0 radical (unpaired) electrons. The summed E-state index contributed by atoms with van der Waals surface area (Å²) in [6.07, 6.45) is -3.37. The van der Waals surface area contributed by atoms with Gasteiger partial charge in [0, 0.05) is 9.82 Å². The van der Waals surface area contributed by atoms with Gasteiger partial charge in [-0.25, -0.2) is 0 Å². The van der Waals surface area contributed by atoms with Crippen LogP contribution in [-0.2, 0) is 77.5 Å². The van der Waals surface area contributed by atoms with Crippen molar-refractivity contribution in [3.05, 3.63) is 236 Å². The van der Waals surface area contributed by atoms with Crippen molar-refractivity contribution in [1.29, 1.82) is 0 Å². The third-order valence-electron chi connectivity index (χ3n) is 12.1. The fraction of sp³-hybridized carbons (Fsp3) is 0.357. The lowest BCUT2D eigenvalue weighted by Gasteiger charge is -2.44. The number of nitrogens with zero attached hydrogens (tertiary/aromatic N) is 6. The summed E-state index contributed by atoms with van der Waals surface area (Å²) in [6, 6.07) is 58.6. The van der Waals surface area contributed by atoms with Crippen molar-refractivity contribution in [3.8, 4) is 0 Å². The van der Waals surface area contributed by atoms with Crippen LogP contribution in [0, 0.1) is 0 Å². The van der Waals surface area contributed by atoms with Gasteiger partial charge in [-0.1, -0.05) is 192 Å². The highest BCUT2D eigenvalue weighted by atomic mass is 16.6. The van der Waals surface area contributed by atoms with Crippen LogP contribution in [0.3, 0.4) is 0 Å². The molecule has 6 aromatic carbocycles. The van der Waals surface area contributed by atoms with Crippen molar-refractivity contribution in [3.63, 3.8) is 0 Å². The summed E-state index contributed by atoms with van der Waals surface area (Å²) in [5.74, 6) is 0. The van der Waals surface area contributed by atoms with Crippen molar-refractivity contribution in [2.45, 2.75) is 114 Å². The first-order chi connectivity index (χ1) is 34.5. The molecule has 2 heterocycles. The minimum Gasteiger partial charge on any atom is -0.374 e. The number of hydrogen-bond donors (Lipinski definition) is 0. The second kappa shape index (κ2) is 28.3. The molecule has 70 heavy (non-hydrogen) atoms. The summed E-state index contributed by atoms with van der Waals surface area (Å²) in [7, 11) is 0. The maximum absolute atomic E-state index is 9.37. The van der Waals surface area contributed by atoms with Crippen molar-refractivity contribution in [2.24, 2.45) is 10.2 Å². The van der Waals surface area contributed by atoms with E-state index in [1.807, 2.05) is 196 Å². The molecule has 2 saturated heterocycles. The van der Waals surface area contributed by atoms with Gasteiger partial charge in [0.15, 0.2) is 0 Å². The molecule has 14 heteroatoms. The maximum atomic E-state index is 9.37. The van der Waals surface area contributed by atoms with Crippen LogP contribution in [0.4, 0.5) is 0 Å². The average molecular weight is 947 g/mol. The molecule has 0 spiro atoms. The molecule has 0 aromatic heterocycles. The first kappa shape index (κ1) is 51.5. The van der Waals surface area contributed by atoms with E-state index in [1.165, 1.54) is 0 Å². The fourth-order valence-electron chi connectivity index (χ4n) is 8.52. The van der Waals surface area contributed by atoms with Crippen molar-refractivity contribution >= 4 is 0 Å². The molecule has 2 aliphatic rings. The summed E-state index contributed by atoms with van der Waals surface area (Å²) in [6.45, 7) is 6.91. The van der Waals surface area contributed by atoms with Gasteiger partial charge in [-0.05, 0) is 58.3 Å². The molecule has 0 aliphatic carbocycles. The summed E-state index contributed by atoms with van der Waals surface area (Å²) >= 11 is 0. The molecule has 10 atom stereocenters. The van der Waals surface area contributed by atoms with E-state index >= 15 is 0 Å². The third-order valence-corrected chi connectivity index (χ3v) is 12.1. The summed E-state index contributed by atoms with van der Waals surface area (Å²) < 4.78 is 50.0. The van der Waals surface area contributed by atoms with E-state index < -0.39 is 42.6 Å². The molecule has 14 nitrogen and oxygen atoms in total. The van der Waals surface area contributed by atoms with Crippen LogP contribution in [0.1, 0.15) is 47.2 Å². The first-order valence-corrected chi connectivity index (χ1v) is 23.7. The molecule has 0 unspecified atom stereocenters. The van der Waals surface area contributed by atoms with E-state index in [0.29, 0.717) is 46.2 Å². The molecule has 0 amide bonds. The monoisotopic (exact) mass is 946 g/mol. The lowest BCUT2D eigenvalue weighted by molar-refractivity contribution is -0.224. The average Bonchev–Trinajstić information content (AvgIpc) is 3.40. The third kappa shape index (κ3) is 15.8. The molecule has 0 saturated carbocycles. The van der Waals surface area contributed by atoms with Crippen LogP contribution in [0.5, 0.6) is 0 Å². The second-order valence-corrected chi connectivity index (χ2v) is 17.2. The van der Waals surface area contributed by atoms with Crippen molar-refractivity contribution in [1.82, 2.24) is 0 Å². The Balaban J connectivity index is 0.000000206. The predicted octanol–water partition coefficient (Wildman–Crippen LogP) is 11.7. The predicted molar refractivity (Wildman–Crippen MR) is 267 cm³/mol. The Morgan fingerprint density at radius 3 is 1.06 bits per heavy atom. The van der Waals surface area contributed by atoms with Gasteiger partial charge < -0.3 is 37.9 Å². The lowest BCUT2D eigenvalue weighted by atomic mass is 9.93. The van der Waals surface area contributed by atoms with Gasteiger partial charge in [0.1, 0.15) is 18.3 Å². The van der Waals surface area contributed by atoms with Gasteiger partial charge >= 0.3 is 0 Å². The van der Waals surface area contributed by atoms with Gasteiger partial charge in [-0.2, -0.15) is 0 Å². The van der Waals surface area contributed by atoms with Crippen molar-refractivity contribution in [2.75, 3.05) is 13.2 Å². The Morgan fingerprint density at radius 1 is 0.371 bits per heavy atom. The second-order valence-electron chi connectivity index (χ2n) is 17.2. The number of hydrogen-bond acceptors (Lipinski definition) is 10. The molecule has 0 N–H and O–H groups in total. The zero-order chi connectivity index (χ0) is 48.6. The van der Waals surface area contributed by atoms with Gasteiger partial charge in [0.25, 0.3) is 0 Å². The Bertz CT molecular complexity index is 2430. The molecular formula is C56H62N6O8. The molecular weight excluding hydrogens is 885 g/mol. The topological polar surface area (TPSA) is 171 Å². The number of azide groups is 2. The molecule has 8 rings (SSSR count). The van der Waals surface area contributed by atoms with Crippen LogP contribution in [0.15, 0.2) is 192 Å². The van der Waals surface area contributed by atoms with Crippen LogP contribution in [-0.4, -0.2) is 74.1 Å². The summed E-state index contributed by atoms with van der Waals surface area (Å²) in [5, 5.41) is 8.13. The standard InChI is InChI=1S/2C28H31N3O4/c1-21-27(33-18-23-13-7-3-8-14-23)28(34-19-24-15-9-4-10-16-24)26(30-31-29)25(35-21)20-32-17-22-11-5-2-6-12-22;1-21-26(30-31-29)28(34-19-24-15-9-4-10-16-24)27(33-18-23-13-7-3-8-14-23)25(35-21)20-32-17-22-11-5-2-6-12-22/h2*2-16,21,25-28H,17-20H2,1H3/t21-,25+,26+,27-,28-;21-,25+,26-,27-,28+/m00/s1. The van der Waals surface area contributed by atoms with Crippen LogP contribution in [0.2, 0.25) is 0 Å². The number of rotatable bonds is 22. The van der Waals surface area contributed by atoms with Gasteiger partial charge in [0.05, 0.1) is 95.5 Å². The Hall–Kier alpha value is -6.38. The zero-order valence-corrected chi connectivity index (χ0v) is 39.7. The smallest absolute Gasteiger partial charge is 0.113 e. The quantitative estimate of drug-likeness (QED) is 0.0367. The molecule has 364 valence electrons. The van der Waals surface area contributed by atoms with E-state index in [-0.39, 0.29) is 24.9 Å². The van der Waals surface area contributed by atoms with Crippen LogP contribution in [0.25, 0.3) is 20.9 Å². The summed E-state index contributed by atoms with van der Waals surface area (Å²) in [5.41, 5.74) is 24.9. The van der Waals surface area contributed by atoms with Gasteiger partial charge in [-0.15, -0.1) is 0 Å². The first-order valence-electron chi connectivity index (χ1n) is 23.7. The molecule has 6 aromatic rings. The highest BCUT2D eigenvalue weighted by molar-refractivity contribution is 5.18. The van der Waals surface area contributed by atoms with Gasteiger partial charge in [-0.3, -0.25) is 0 Å². The SMILES string of the molecule is C[C@@H]1O[C@H](COCc2ccccc2)[C@@H](N=[N+]=[N-])[C@H](OCc2ccccc2)[C@H]1OCc1ccccc1.C[C@@H]1O[C@H](COCc2ccccc2)[C@H](OCc2ccccc2)[C@H](OCc2ccccc2)[C@H]1N=[N+]=[N-]. The molecule has 2 fully saturated rings.